The van der Waals surface area contributed by atoms with Gasteiger partial charge in [-0.15, -0.1) is 0 Å². The first-order valence-electron chi connectivity index (χ1n) is 9.30. The number of hydrogen-bond donors (Lipinski definition) is 4. The third-order valence-electron chi connectivity index (χ3n) is 5.20. The number of nitrogens with two attached hydrogens (primary N) is 1. The maximum atomic E-state index is 12.7. The lowest BCUT2D eigenvalue weighted by atomic mass is 9.99. The number of primary amides is 1. The van der Waals surface area contributed by atoms with Crippen molar-refractivity contribution in [2.75, 3.05) is 25.6 Å². The third-order valence-corrected chi connectivity index (χ3v) is 5.20. The van der Waals surface area contributed by atoms with Crippen molar-refractivity contribution in [3.8, 4) is 0 Å². The highest BCUT2D eigenvalue weighted by Gasteiger charge is 2.34. The molecule has 2 unspecified atom stereocenters. The summed E-state index contributed by atoms with van der Waals surface area (Å²) >= 11 is 0. The van der Waals surface area contributed by atoms with Gasteiger partial charge in [0.1, 0.15) is 0 Å². The zero-order valence-electron chi connectivity index (χ0n) is 15.2. The van der Waals surface area contributed by atoms with Gasteiger partial charge in [0.15, 0.2) is 0 Å². The van der Waals surface area contributed by atoms with E-state index in [9.17, 15) is 9.59 Å². The van der Waals surface area contributed by atoms with Crippen molar-refractivity contribution in [3.05, 3.63) is 29.3 Å². The normalized spacial score (nSPS) is 24.3. The highest BCUT2D eigenvalue weighted by atomic mass is 16.5. The summed E-state index contributed by atoms with van der Waals surface area (Å²) in [5, 5.41) is 9.90. The van der Waals surface area contributed by atoms with Crippen LogP contribution in [0.3, 0.4) is 0 Å². The van der Waals surface area contributed by atoms with Crippen LogP contribution in [-0.2, 0) is 4.74 Å². The van der Waals surface area contributed by atoms with E-state index in [0.29, 0.717) is 42.0 Å². The molecule has 2 fully saturated rings. The summed E-state index contributed by atoms with van der Waals surface area (Å²) in [5.74, 6) is -0.617. The molecule has 0 radical (unpaired) electrons. The molecule has 142 valence electrons. The minimum atomic E-state index is -0.513. The van der Waals surface area contributed by atoms with Crippen LogP contribution in [0.5, 0.6) is 0 Å². The number of piperidine rings is 1. The molecule has 1 aromatic rings. The Morgan fingerprint density at radius 2 is 2.00 bits per heavy atom. The number of amides is 2. The Labute approximate surface area is 154 Å². The first-order chi connectivity index (χ1) is 12.6. The Kier molecular flexibility index (Phi) is 6.11. The minimum Gasteiger partial charge on any atom is -0.385 e. The summed E-state index contributed by atoms with van der Waals surface area (Å²) < 4.78 is 5.03. The Bertz CT molecular complexity index is 652. The topological polar surface area (TPSA) is 105 Å². The molecular weight excluding hydrogens is 332 g/mol. The van der Waals surface area contributed by atoms with Crippen LogP contribution in [0.25, 0.3) is 0 Å². The van der Waals surface area contributed by atoms with E-state index in [2.05, 4.69) is 16.0 Å². The molecule has 0 aromatic heterocycles. The maximum absolute atomic E-state index is 12.7. The zero-order valence-corrected chi connectivity index (χ0v) is 15.2. The minimum absolute atomic E-state index is 0.104. The average Bonchev–Trinajstić information content (AvgIpc) is 2.96. The third kappa shape index (κ3) is 4.53. The molecular formula is C19H28N4O3. The summed E-state index contributed by atoms with van der Waals surface area (Å²) in [6.07, 6.45) is 5.14. The van der Waals surface area contributed by atoms with Crippen molar-refractivity contribution in [2.45, 2.75) is 50.2 Å². The Morgan fingerprint density at radius 1 is 1.27 bits per heavy atom. The van der Waals surface area contributed by atoms with Gasteiger partial charge in [0.25, 0.3) is 11.8 Å². The second-order valence-electron chi connectivity index (χ2n) is 7.18. The molecule has 0 saturated carbocycles. The van der Waals surface area contributed by atoms with E-state index in [1.165, 1.54) is 12.8 Å². The zero-order chi connectivity index (χ0) is 18.5. The fraction of sp³-hybridized carbons (Fsp3) is 0.579. The van der Waals surface area contributed by atoms with Gasteiger partial charge in [0, 0.05) is 49.6 Å². The Morgan fingerprint density at radius 3 is 2.65 bits per heavy atom. The molecule has 2 aliphatic rings. The van der Waals surface area contributed by atoms with Gasteiger partial charge in [-0.25, -0.2) is 0 Å². The number of methoxy groups -OCH3 is 1. The number of nitrogens with one attached hydrogen (secondary N) is 3. The summed E-state index contributed by atoms with van der Waals surface area (Å²) in [7, 11) is 1.65. The van der Waals surface area contributed by atoms with Crippen molar-refractivity contribution in [2.24, 2.45) is 5.73 Å². The number of ether oxygens (including phenoxy) is 1. The van der Waals surface area contributed by atoms with Crippen LogP contribution in [0.1, 0.15) is 52.8 Å². The van der Waals surface area contributed by atoms with Crippen LogP contribution < -0.4 is 21.7 Å². The molecule has 2 aliphatic heterocycles. The van der Waals surface area contributed by atoms with Gasteiger partial charge < -0.3 is 26.4 Å². The van der Waals surface area contributed by atoms with Crippen molar-refractivity contribution >= 4 is 17.5 Å². The van der Waals surface area contributed by atoms with Gasteiger partial charge in [-0.3, -0.25) is 9.59 Å². The molecule has 2 heterocycles. The number of rotatable bonds is 8. The SMILES string of the molecule is COCCCNc1cc(C(=O)NC2CC3CCC(C2)N3)ccc1C(N)=O. The monoisotopic (exact) mass is 360 g/mol. The summed E-state index contributed by atoms with van der Waals surface area (Å²) in [4.78, 5) is 24.3. The largest absolute Gasteiger partial charge is 0.385 e. The second-order valence-corrected chi connectivity index (χ2v) is 7.18. The molecule has 2 bridgehead atoms. The number of anilines is 1. The molecule has 7 nitrogen and oxygen atoms in total. The van der Waals surface area contributed by atoms with Crippen LogP contribution in [0.2, 0.25) is 0 Å². The summed E-state index contributed by atoms with van der Waals surface area (Å²) in [5.41, 5.74) is 6.96. The van der Waals surface area contributed by atoms with Crippen LogP contribution in [0, 0.1) is 0 Å². The van der Waals surface area contributed by atoms with Gasteiger partial charge in [-0.05, 0) is 50.3 Å². The van der Waals surface area contributed by atoms with E-state index in [-0.39, 0.29) is 11.9 Å². The number of carbonyl (C=O) groups is 2. The van der Waals surface area contributed by atoms with Crippen molar-refractivity contribution in [3.63, 3.8) is 0 Å². The second kappa shape index (κ2) is 8.51. The fourth-order valence-corrected chi connectivity index (χ4v) is 3.93. The van der Waals surface area contributed by atoms with Crippen molar-refractivity contribution in [1.82, 2.24) is 10.6 Å². The van der Waals surface area contributed by atoms with Crippen LogP contribution in [0.4, 0.5) is 5.69 Å². The number of carbonyl (C=O) groups excluding carboxylic acids is 2. The highest BCUT2D eigenvalue weighted by Crippen LogP contribution is 2.27. The first kappa shape index (κ1) is 18.7. The van der Waals surface area contributed by atoms with Crippen LogP contribution >= 0.6 is 0 Å². The van der Waals surface area contributed by atoms with Gasteiger partial charge in [0.05, 0.1) is 5.56 Å². The number of fused-ring (bicyclic) bond motifs is 2. The lowest BCUT2D eigenvalue weighted by molar-refractivity contribution is 0.0922. The molecule has 0 spiro atoms. The van der Waals surface area contributed by atoms with Crippen LogP contribution in [-0.4, -0.2) is 50.2 Å². The van der Waals surface area contributed by atoms with E-state index >= 15 is 0 Å². The molecule has 0 aliphatic carbocycles. The lowest BCUT2D eigenvalue weighted by Crippen LogP contribution is -2.48. The van der Waals surface area contributed by atoms with E-state index in [1.54, 1.807) is 25.3 Å². The van der Waals surface area contributed by atoms with Crippen LogP contribution in [0.15, 0.2) is 18.2 Å². The molecule has 1 aromatic carbocycles. The van der Waals surface area contributed by atoms with Gasteiger partial charge in [0.2, 0.25) is 0 Å². The summed E-state index contributed by atoms with van der Waals surface area (Å²) in [6.45, 7) is 1.26. The lowest BCUT2D eigenvalue weighted by Gasteiger charge is -2.29. The van der Waals surface area contributed by atoms with E-state index < -0.39 is 5.91 Å². The van der Waals surface area contributed by atoms with E-state index in [0.717, 1.165) is 19.3 Å². The number of benzene rings is 1. The molecule has 2 saturated heterocycles. The smallest absolute Gasteiger partial charge is 0.251 e. The Hall–Kier alpha value is -2.12. The summed E-state index contributed by atoms with van der Waals surface area (Å²) in [6, 6.07) is 6.23. The number of hydrogen-bond acceptors (Lipinski definition) is 5. The Balaban J connectivity index is 1.66. The van der Waals surface area contributed by atoms with E-state index in [4.69, 9.17) is 10.5 Å². The molecule has 5 N–H and O–H groups in total. The maximum Gasteiger partial charge on any atom is 0.251 e. The average molecular weight is 360 g/mol. The van der Waals surface area contributed by atoms with Gasteiger partial charge >= 0.3 is 0 Å². The first-order valence-corrected chi connectivity index (χ1v) is 9.30. The van der Waals surface area contributed by atoms with Crippen molar-refractivity contribution in [1.29, 1.82) is 0 Å². The highest BCUT2D eigenvalue weighted by molar-refractivity contribution is 6.02. The molecule has 2 amide bonds. The predicted octanol–water partition coefficient (Wildman–Crippen LogP) is 1.25. The fourth-order valence-electron chi connectivity index (χ4n) is 3.93. The molecule has 7 heteroatoms. The van der Waals surface area contributed by atoms with Crippen molar-refractivity contribution < 1.29 is 14.3 Å². The molecule has 26 heavy (non-hydrogen) atoms. The van der Waals surface area contributed by atoms with E-state index in [1.807, 2.05) is 0 Å². The quantitative estimate of drug-likeness (QED) is 0.522. The van der Waals surface area contributed by atoms with Gasteiger partial charge in [-0.2, -0.15) is 0 Å². The standard InChI is InChI=1S/C19H28N4O3/c1-26-8-2-7-21-17-9-12(3-6-16(17)18(20)24)19(25)23-15-10-13-4-5-14(11-15)22-13/h3,6,9,13-15,21-22H,2,4-5,7-8,10-11H2,1H3,(H2,20,24)(H,23,25). The molecule has 2 atom stereocenters. The molecule has 3 rings (SSSR count). The predicted molar refractivity (Wildman–Crippen MR) is 100 cm³/mol. The van der Waals surface area contributed by atoms with Gasteiger partial charge in [-0.1, -0.05) is 0 Å².